The lowest BCUT2D eigenvalue weighted by molar-refractivity contribution is -0.0784. The van der Waals surface area contributed by atoms with Crippen LogP contribution in [0.1, 0.15) is 76.4 Å². The van der Waals surface area contributed by atoms with Gasteiger partial charge in [0.15, 0.2) is 6.29 Å². The predicted octanol–water partition coefficient (Wildman–Crippen LogP) is 7.08. The van der Waals surface area contributed by atoms with E-state index in [2.05, 4.69) is 53.7 Å². The maximum Gasteiger partial charge on any atom is 0.338 e. The summed E-state index contributed by atoms with van der Waals surface area (Å²) in [5.41, 5.74) is 6.46. The summed E-state index contributed by atoms with van der Waals surface area (Å²) in [6.07, 6.45) is 1.61. The number of carbonyl (C=O) groups is 1. The molecule has 33 heavy (non-hydrogen) atoms. The molecular formula is C29H38O4. The zero-order valence-corrected chi connectivity index (χ0v) is 21.2. The number of ether oxygens (including phenoxy) is 3. The monoisotopic (exact) mass is 450 g/mol. The molecule has 0 saturated carbocycles. The van der Waals surface area contributed by atoms with Crippen molar-refractivity contribution in [2.75, 3.05) is 13.2 Å². The largest absolute Gasteiger partial charge is 0.465 e. The van der Waals surface area contributed by atoms with Crippen LogP contribution < -0.4 is 4.74 Å². The molecule has 1 atom stereocenters. The number of benzene rings is 2. The van der Waals surface area contributed by atoms with E-state index in [1.165, 1.54) is 22.3 Å². The van der Waals surface area contributed by atoms with E-state index in [1.54, 1.807) is 12.1 Å². The normalized spacial score (nSPS) is 14.8. The molecule has 0 bridgehead atoms. The Morgan fingerprint density at radius 2 is 1.70 bits per heavy atom. The first-order valence-corrected chi connectivity index (χ1v) is 11.9. The van der Waals surface area contributed by atoms with Crippen molar-refractivity contribution in [2.24, 2.45) is 10.8 Å². The number of rotatable bonds is 9. The van der Waals surface area contributed by atoms with Gasteiger partial charge in [0.1, 0.15) is 12.4 Å². The van der Waals surface area contributed by atoms with E-state index in [0.717, 1.165) is 18.6 Å². The van der Waals surface area contributed by atoms with Gasteiger partial charge in [0.2, 0.25) is 0 Å². The van der Waals surface area contributed by atoms with Gasteiger partial charge in [0.05, 0.1) is 12.2 Å². The molecule has 0 fully saturated rings. The van der Waals surface area contributed by atoms with Crippen LogP contribution in [0.3, 0.4) is 0 Å². The van der Waals surface area contributed by atoms with Crippen molar-refractivity contribution in [3.63, 3.8) is 0 Å². The highest BCUT2D eigenvalue weighted by atomic mass is 16.7. The first-order chi connectivity index (χ1) is 15.5. The van der Waals surface area contributed by atoms with E-state index in [4.69, 9.17) is 14.2 Å². The van der Waals surface area contributed by atoms with Gasteiger partial charge in [-0.15, -0.1) is 0 Å². The van der Waals surface area contributed by atoms with E-state index < -0.39 is 6.29 Å². The Labute approximate surface area is 198 Å². The molecule has 0 aromatic heterocycles. The lowest BCUT2D eigenvalue weighted by Gasteiger charge is -2.32. The average Bonchev–Trinajstić information content (AvgIpc) is 3.17. The van der Waals surface area contributed by atoms with Crippen LogP contribution in [-0.2, 0) is 15.9 Å². The van der Waals surface area contributed by atoms with Crippen molar-refractivity contribution in [1.29, 1.82) is 0 Å². The molecule has 3 rings (SSSR count). The van der Waals surface area contributed by atoms with Gasteiger partial charge in [-0.25, -0.2) is 4.79 Å². The summed E-state index contributed by atoms with van der Waals surface area (Å²) in [7, 11) is 0. The number of hydrogen-bond acceptors (Lipinski definition) is 4. The Balaban J connectivity index is 1.58. The lowest BCUT2D eigenvalue weighted by Crippen LogP contribution is -2.20. The molecular weight excluding hydrogens is 412 g/mol. The SMILES string of the molecule is CCC(C)(C)C1=C(C(C)(C)C)Cc2cc(OC(C)OCCOC(=O)c3ccccc3)ccc21. The standard InChI is InChI=1S/C29H38O4/c1-8-29(6,7)26-24-15-14-23(18-22(24)19-25(26)28(3,4)5)33-20(2)31-16-17-32-27(30)21-12-10-9-11-13-21/h9-15,18,20H,8,16-17,19H2,1-7H3. The van der Waals surface area contributed by atoms with E-state index in [9.17, 15) is 4.79 Å². The number of fused-ring (bicyclic) bond motifs is 1. The van der Waals surface area contributed by atoms with E-state index >= 15 is 0 Å². The predicted molar refractivity (Wildman–Crippen MR) is 133 cm³/mol. The van der Waals surface area contributed by atoms with Crippen LogP contribution in [0, 0.1) is 10.8 Å². The molecule has 0 radical (unpaired) electrons. The molecule has 4 nitrogen and oxygen atoms in total. The molecule has 178 valence electrons. The summed E-state index contributed by atoms with van der Waals surface area (Å²) in [4.78, 5) is 12.0. The van der Waals surface area contributed by atoms with Crippen molar-refractivity contribution in [3.05, 3.63) is 70.8 Å². The van der Waals surface area contributed by atoms with Gasteiger partial charge >= 0.3 is 5.97 Å². The molecule has 0 N–H and O–H groups in total. The molecule has 0 aliphatic heterocycles. The second kappa shape index (κ2) is 10.1. The fourth-order valence-corrected chi connectivity index (χ4v) is 4.30. The van der Waals surface area contributed by atoms with Gasteiger partial charge in [0.25, 0.3) is 0 Å². The third-order valence-corrected chi connectivity index (χ3v) is 6.46. The van der Waals surface area contributed by atoms with Gasteiger partial charge in [-0.05, 0) is 71.6 Å². The second-order valence-electron chi connectivity index (χ2n) is 10.4. The molecule has 2 aromatic rings. The molecule has 1 unspecified atom stereocenters. The summed E-state index contributed by atoms with van der Waals surface area (Å²) in [6.45, 7) is 16.2. The number of carbonyl (C=O) groups excluding carboxylic acids is 1. The average molecular weight is 451 g/mol. The summed E-state index contributed by atoms with van der Waals surface area (Å²) in [6, 6.07) is 15.3. The Morgan fingerprint density at radius 1 is 1.00 bits per heavy atom. The highest BCUT2D eigenvalue weighted by Gasteiger charge is 2.36. The van der Waals surface area contributed by atoms with Crippen LogP contribution in [0.2, 0.25) is 0 Å². The highest BCUT2D eigenvalue weighted by Crippen LogP contribution is 2.51. The summed E-state index contributed by atoms with van der Waals surface area (Å²) in [5.74, 6) is 0.450. The molecule has 4 heteroatoms. The first kappa shape index (κ1) is 25.0. The van der Waals surface area contributed by atoms with Gasteiger partial charge in [-0.2, -0.15) is 0 Å². The molecule has 1 aliphatic carbocycles. The minimum atomic E-state index is -0.443. The second-order valence-corrected chi connectivity index (χ2v) is 10.4. The number of hydrogen-bond donors (Lipinski definition) is 0. The number of esters is 1. The van der Waals surface area contributed by atoms with Crippen molar-refractivity contribution >= 4 is 11.5 Å². The fraction of sp³-hybridized carbons (Fsp3) is 0.483. The maximum absolute atomic E-state index is 12.0. The zero-order chi connectivity index (χ0) is 24.2. The van der Waals surface area contributed by atoms with E-state index in [0.29, 0.717) is 5.56 Å². The smallest absolute Gasteiger partial charge is 0.338 e. The van der Waals surface area contributed by atoms with Crippen LogP contribution >= 0.6 is 0 Å². The van der Waals surface area contributed by atoms with Crippen molar-refractivity contribution in [1.82, 2.24) is 0 Å². The molecule has 0 amide bonds. The van der Waals surface area contributed by atoms with Crippen LogP contribution in [0.5, 0.6) is 5.75 Å². The van der Waals surface area contributed by atoms with Crippen molar-refractivity contribution in [2.45, 2.75) is 67.6 Å². The van der Waals surface area contributed by atoms with Crippen LogP contribution in [0.25, 0.3) is 5.57 Å². The first-order valence-electron chi connectivity index (χ1n) is 11.9. The molecule has 0 spiro atoms. The Morgan fingerprint density at radius 3 is 2.33 bits per heavy atom. The quantitative estimate of drug-likeness (QED) is 0.233. The molecule has 0 heterocycles. The zero-order valence-electron chi connectivity index (χ0n) is 21.2. The van der Waals surface area contributed by atoms with Gasteiger partial charge < -0.3 is 14.2 Å². The van der Waals surface area contributed by atoms with Crippen LogP contribution in [0.4, 0.5) is 0 Å². The van der Waals surface area contributed by atoms with Gasteiger partial charge in [-0.3, -0.25) is 0 Å². The minimum absolute atomic E-state index is 0.120. The third kappa shape index (κ3) is 6.05. The van der Waals surface area contributed by atoms with E-state index in [-0.39, 0.29) is 30.0 Å². The number of allylic oxidation sites excluding steroid dienone is 2. The molecule has 1 aliphatic rings. The molecule has 0 saturated heterocycles. The summed E-state index contributed by atoms with van der Waals surface area (Å²) >= 11 is 0. The van der Waals surface area contributed by atoms with E-state index in [1.807, 2.05) is 31.2 Å². The third-order valence-electron chi connectivity index (χ3n) is 6.46. The fourth-order valence-electron chi connectivity index (χ4n) is 4.30. The summed E-state index contributed by atoms with van der Waals surface area (Å²) < 4.78 is 17.0. The Kier molecular flexibility index (Phi) is 7.69. The Hall–Kier alpha value is -2.59. The lowest BCUT2D eigenvalue weighted by atomic mass is 9.73. The van der Waals surface area contributed by atoms with Crippen molar-refractivity contribution in [3.8, 4) is 5.75 Å². The van der Waals surface area contributed by atoms with Gasteiger partial charge in [0, 0.05) is 0 Å². The van der Waals surface area contributed by atoms with Gasteiger partial charge in [-0.1, -0.05) is 71.4 Å². The van der Waals surface area contributed by atoms with Crippen LogP contribution in [0.15, 0.2) is 54.1 Å². The molecule has 2 aromatic carbocycles. The maximum atomic E-state index is 12.0. The van der Waals surface area contributed by atoms with Crippen molar-refractivity contribution < 1.29 is 19.0 Å². The topological polar surface area (TPSA) is 44.8 Å². The minimum Gasteiger partial charge on any atom is -0.465 e. The highest BCUT2D eigenvalue weighted by molar-refractivity contribution is 5.89. The van der Waals surface area contributed by atoms with Crippen LogP contribution in [-0.4, -0.2) is 25.5 Å². The summed E-state index contributed by atoms with van der Waals surface area (Å²) in [5, 5.41) is 0. The Bertz CT molecular complexity index is 996.